The number of ether oxygens (including phenoxy) is 1. The van der Waals surface area contributed by atoms with Crippen LogP contribution in [0.3, 0.4) is 0 Å². The van der Waals surface area contributed by atoms with Crippen LogP contribution in [-0.2, 0) is 4.74 Å². The smallest absolute Gasteiger partial charge is 0.338 e. The topological polar surface area (TPSA) is 71.5 Å². The Morgan fingerprint density at radius 1 is 1.11 bits per heavy atom. The number of benzene rings is 1. The average molecular weight is 385 g/mol. The molecule has 2 amide bonds. The van der Waals surface area contributed by atoms with Crippen molar-refractivity contribution in [1.29, 1.82) is 0 Å². The van der Waals surface area contributed by atoms with Crippen molar-refractivity contribution in [3.8, 4) is 0 Å². The molecule has 0 radical (unpaired) electrons. The number of rotatable bonds is 4. The summed E-state index contributed by atoms with van der Waals surface area (Å²) >= 11 is 1.58. The quantitative estimate of drug-likeness (QED) is 0.780. The van der Waals surface area contributed by atoms with Crippen molar-refractivity contribution < 1.29 is 14.3 Å². The van der Waals surface area contributed by atoms with Gasteiger partial charge in [-0.25, -0.2) is 14.6 Å². The molecule has 4 rings (SSSR count). The van der Waals surface area contributed by atoms with Gasteiger partial charge in [0.1, 0.15) is 11.1 Å². The Balaban J connectivity index is 1.36. The lowest BCUT2D eigenvalue weighted by atomic mass is 10.2. The fraction of sp³-hybridized carbons (Fsp3) is 0.450. The Morgan fingerprint density at radius 2 is 1.89 bits per heavy atom. The number of hydrogen-bond acceptors (Lipinski definition) is 5. The van der Waals surface area contributed by atoms with Crippen LogP contribution in [0.2, 0.25) is 0 Å². The van der Waals surface area contributed by atoms with Gasteiger partial charge in [0, 0.05) is 23.8 Å². The fourth-order valence-corrected chi connectivity index (χ4v) is 4.56. The number of urea groups is 1. The highest BCUT2D eigenvalue weighted by atomic mass is 32.1. The molecule has 2 aromatic rings. The van der Waals surface area contributed by atoms with Crippen molar-refractivity contribution in [2.75, 3.05) is 11.9 Å². The van der Waals surface area contributed by atoms with E-state index < -0.39 is 0 Å². The summed E-state index contributed by atoms with van der Waals surface area (Å²) in [7, 11) is 0. The molecule has 1 saturated heterocycles. The largest absolute Gasteiger partial charge is 0.459 e. The van der Waals surface area contributed by atoms with Crippen molar-refractivity contribution in [2.45, 2.75) is 50.7 Å². The molecule has 6 nitrogen and oxygen atoms in total. The van der Waals surface area contributed by atoms with E-state index in [1.807, 2.05) is 10.3 Å². The lowest BCUT2D eigenvalue weighted by Crippen LogP contribution is -2.34. The summed E-state index contributed by atoms with van der Waals surface area (Å²) in [6.07, 6.45) is 7.90. The predicted molar refractivity (Wildman–Crippen MR) is 104 cm³/mol. The molecule has 0 bridgehead atoms. The number of hydrogen-bond donors (Lipinski definition) is 1. The van der Waals surface area contributed by atoms with Crippen LogP contribution in [0.15, 0.2) is 35.8 Å². The van der Waals surface area contributed by atoms with Crippen LogP contribution in [0.25, 0.3) is 0 Å². The lowest BCUT2D eigenvalue weighted by molar-refractivity contribution is 0.0318. The van der Waals surface area contributed by atoms with Gasteiger partial charge in [-0.15, -0.1) is 11.3 Å². The van der Waals surface area contributed by atoms with E-state index in [9.17, 15) is 9.59 Å². The number of aromatic nitrogens is 1. The normalized spacial score (nSPS) is 20.0. The monoisotopic (exact) mass is 385 g/mol. The molecule has 2 fully saturated rings. The first kappa shape index (κ1) is 18.0. The van der Waals surface area contributed by atoms with Gasteiger partial charge in [0.15, 0.2) is 0 Å². The van der Waals surface area contributed by atoms with Gasteiger partial charge in [-0.05, 0) is 62.8 Å². The standard InChI is InChI=1S/C20H23N3O3S/c24-19(26-16-4-1-2-5-16)14-7-9-15(10-8-14)22-20(25)23-12-3-6-17(23)18-21-11-13-27-18/h7-11,13,16-17H,1-6,12H2,(H,22,25)/t17-/m1/s1. The van der Waals surface area contributed by atoms with E-state index in [1.54, 1.807) is 41.8 Å². The third kappa shape index (κ3) is 4.13. The maximum atomic E-state index is 12.7. The van der Waals surface area contributed by atoms with Gasteiger partial charge in [-0.3, -0.25) is 0 Å². The number of nitrogens with one attached hydrogen (secondary N) is 1. The summed E-state index contributed by atoms with van der Waals surface area (Å²) in [5, 5.41) is 5.84. The van der Waals surface area contributed by atoms with Crippen LogP contribution in [0, 0.1) is 0 Å². The van der Waals surface area contributed by atoms with Gasteiger partial charge < -0.3 is 15.0 Å². The number of thiazole rings is 1. The van der Waals surface area contributed by atoms with Crippen LogP contribution < -0.4 is 5.32 Å². The first-order valence-corrected chi connectivity index (χ1v) is 10.4. The second-order valence-corrected chi connectivity index (χ2v) is 7.97. The highest BCUT2D eigenvalue weighted by Crippen LogP contribution is 2.33. The molecule has 27 heavy (non-hydrogen) atoms. The van der Waals surface area contributed by atoms with Crippen molar-refractivity contribution in [3.05, 3.63) is 46.4 Å². The molecule has 1 aromatic carbocycles. The van der Waals surface area contributed by atoms with Crippen molar-refractivity contribution in [2.24, 2.45) is 0 Å². The van der Waals surface area contributed by atoms with Gasteiger partial charge in [0.2, 0.25) is 0 Å². The SMILES string of the molecule is O=C(OC1CCCC1)c1ccc(NC(=O)N2CCC[C@@H]2c2nccs2)cc1. The molecular formula is C20H23N3O3S. The molecule has 1 N–H and O–H groups in total. The third-order valence-electron chi connectivity index (χ3n) is 5.20. The molecule has 142 valence electrons. The van der Waals surface area contributed by atoms with E-state index >= 15 is 0 Å². The highest BCUT2D eigenvalue weighted by molar-refractivity contribution is 7.09. The summed E-state index contributed by atoms with van der Waals surface area (Å²) in [5.41, 5.74) is 1.18. The highest BCUT2D eigenvalue weighted by Gasteiger charge is 2.31. The molecule has 7 heteroatoms. The van der Waals surface area contributed by atoms with E-state index in [2.05, 4.69) is 10.3 Å². The first-order valence-electron chi connectivity index (χ1n) is 9.49. The molecule has 0 unspecified atom stereocenters. The predicted octanol–water partition coefficient (Wildman–Crippen LogP) is 4.61. The zero-order chi connectivity index (χ0) is 18.6. The van der Waals surface area contributed by atoms with Crippen molar-refractivity contribution in [1.82, 2.24) is 9.88 Å². The van der Waals surface area contributed by atoms with E-state index in [-0.39, 0.29) is 24.1 Å². The molecule has 1 aliphatic carbocycles. The van der Waals surface area contributed by atoms with Gasteiger partial charge in [-0.2, -0.15) is 0 Å². The Hall–Kier alpha value is -2.41. The van der Waals surface area contributed by atoms with Gasteiger partial charge in [0.25, 0.3) is 0 Å². The van der Waals surface area contributed by atoms with Crippen LogP contribution in [0.5, 0.6) is 0 Å². The lowest BCUT2D eigenvalue weighted by Gasteiger charge is -2.23. The zero-order valence-electron chi connectivity index (χ0n) is 15.1. The molecule has 1 saturated carbocycles. The molecule has 2 heterocycles. The maximum absolute atomic E-state index is 12.7. The Labute approximate surface area is 162 Å². The average Bonchev–Trinajstić information content (AvgIpc) is 3.43. The van der Waals surface area contributed by atoms with Crippen LogP contribution in [0.1, 0.15) is 59.9 Å². The number of carbonyl (C=O) groups is 2. The van der Waals surface area contributed by atoms with Crippen LogP contribution in [-0.4, -0.2) is 34.5 Å². The van der Waals surface area contributed by atoms with Gasteiger partial charge >= 0.3 is 12.0 Å². The minimum absolute atomic E-state index is 0.0469. The number of carbonyl (C=O) groups excluding carboxylic acids is 2. The van der Waals surface area contributed by atoms with Crippen molar-refractivity contribution in [3.63, 3.8) is 0 Å². The summed E-state index contributed by atoms with van der Waals surface area (Å²) in [4.78, 5) is 31.1. The maximum Gasteiger partial charge on any atom is 0.338 e. The fourth-order valence-electron chi connectivity index (χ4n) is 3.78. The molecule has 2 aliphatic rings. The molecular weight excluding hydrogens is 362 g/mol. The Kier molecular flexibility index (Phi) is 5.38. The summed E-state index contributed by atoms with van der Waals surface area (Å²) in [5.74, 6) is -0.289. The number of anilines is 1. The second kappa shape index (κ2) is 8.08. The number of esters is 1. The summed E-state index contributed by atoms with van der Waals surface area (Å²) < 4.78 is 5.51. The van der Waals surface area contributed by atoms with E-state index in [1.165, 1.54) is 0 Å². The molecule has 1 aliphatic heterocycles. The third-order valence-corrected chi connectivity index (χ3v) is 6.07. The summed E-state index contributed by atoms with van der Waals surface area (Å²) in [6, 6.07) is 6.82. The van der Waals surface area contributed by atoms with Crippen LogP contribution >= 0.6 is 11.3 Å². The van der Waals surface area contributed by atoms with Crippen LogP contribution in [0.4, 0.5) is 10.5 Å². The van der Waals surface area contributed by atoms with E-state index in [0.717, 1.165) is 50.1 Å². The molecule has 1 aromatic heterocycles. The molecule has 1 atom stereocenters. The minimum Gasteiger partial charge on any atom is -0.459 e. The summed E-state index contributed by atoms with van der Waals surface area (Å²) in [6.45, 7) is 0.724. The number of nitrogens with zero attached hydrogens (tertiary/aromatic N) is 2. The van der Waals surface area contributed by atoms with E-state index in [0.29, 0.717) is 11.3 Å². The van der Waals surface area contributed by atoms with Crippen molar-refractivity contribution >= 4 is 29.0 Å². The minimum atomic E-state index is -0.289. The van der Waals surface area contributed by atoms with E-state index in [4.69, 9.17) is 4.74 Å². The second-order valence-electron chi connectivity index (χ2n) is 7.04. The Morgan fingerprint density at radius 3 is 2.59 bits per heavy atom. The number of amides is 2. The number of likely N-dealkylation sites (tertiary alicyclic amines) is 1. The molecule has 0 spiro atoms. The Bertz CT molecular complexity index is 785. The first-order chi connectivity index (χ1) is 13.2. The van der Waals surface area contributed by atoms with Gasteiger partial charge in [-0.1, -0.05) is 0 Å². The zero-order valence-corrected chi connectivity index (χ0v) is 15.9. The van der Waals surface area contributed by atoms with Gasteiger partial charge in [0.05, 0.1) is 11.6 Å².